The van der Waals surface area contributed by atoms with Crippen molar-refractivity contribution in [1.29, 1.82) is 5.26 Å². The fourth-order valence-electron chi connectivity index (χ4n) is 3.43. The van der Waals surface area contributed by atoms with Crippen LogP contribution < -0.4 is 5.32 Å². The van der Waals surface area contributed by atoms with Gasteiger partial charge in [0.1, 0.15) is 11.1 Å². The fraction of sp³-hybridized carbons (Fsp3) is 0.600. The predicted octanol–water partition coefficient (Wildman–Crippen LogP) is 4.84. The van der Waals surface area contributed by atoms with Crippen LogP contribution in [0.1, 0.15) is 62.4 Å². The monoisotopic (exact) mass is 418 g/mol. The van der Waals surface area contributed by atoms with Crippen molar-refractivity contribution in [3.05, 3.63) is 21.9 Å². The molecule has 2 aromatic rings. The Morgan fingerprint density at radius 3 is 2.89 bits per heavy atom. The Kier molecular flexibility index (Phi) is 6.46. The molecule has 0 aromatic carbocycles. The number of hydrogen-bond acceptors (Lipinski definition) is 7. The number of thiophene rings is 1. The number of aromatic nitrogens is 2. The summed E-state index contributed by atoms with van der Waals surface area (Å²) < 4.78 is 5.49. The van der Waals surface area contributed by atoms with Crippen LogP contribution in [0.5, 0.6) is 0 Å². The third kappa shape index (κ3) is 4.76. The summed E-state index contributed by atoms with van der Waals surface area (Å²) >= 11 is 2.77. The zero-order valence-corrected chi connectivity index (χ0v) is 18.4. The summed E-state index contributed by atoms with van der Waals surface area (Å²) in [4.78, 5) is 13.6. The highest BCUT2D eigenvalue weighted by Gasteiger charge is 2.32. The van der Waals surface area contributed by atoms with Crippen LogP contribution >= 0.6 is 23.1 Å². The highest BCUT2D eigenvalue weighted by molar-refractivity contribution is 7.99. The summed E-state index contributed by atoms with van der Waals surface area (Å²) in [5.41, 5.74) is 2.00. The lowest BCUT2D eigenvalue weighted by Crippen LogP contribution is -2.26. The molecule has 6 nitrogen and oxygen atoms in total. The van der Waals surface area contributed by atoms with Crippen molar-refractivity contribution in [1.82, 2.24) is 10.2 Å². The van der Waals surface area contributed by atoms with Gasteiger partial charge in [-0.3, -0.25) is 4.79 Å². The first-order valence-electron chi connectivity index (χ1n) is 9.61. The lowest BCUT2D eigenvalue weighted by Gasteiger charge is -2.33. The van der Waals surface area contributed by atoms with Crippen LogP contribution in [0, 0.1) is 22.7 Å². The van der Waals surface area contributed by atoms with Crippen LogP contribution in [0.4, 0.5) is 5.00 Å². The van der Waals surface area contributed by atoms with Gasteiger partial charge >= 0.3 is 0 Å². The zero-order chi connectivity index (χ0) is 20.3. The normalized spacial score (nSPS) is 16.5. The van der Waals surface area contributed by atoms with Gasteiger partial charge in [0.05, 0.1) is 11.3 Å². The molecule has 1 atom stereocenters. The molecule has 1 aliphatic rings. The number of carbonyl (C=O) groups excluding carboxylic acids is 1. The topological polar surface area (TPSA) is 91.8 Å². The second-order valence-corrected chi connectivity index (χ2v) is 10.2. The van der Waals surface area contributed by atoms with E-state index in [2.05, 4.69) is 42.4 Å². The quantitative estimate of drug-likeness (QED) is 0.675. The number of nitriles is 1. The van der Waals surface area contributed by atoms with Crippen LogP contribution in [0.3, 0.4) is 0 Å². The van der Waals surface area contributed by atoms with Gasteiger partial charge in [0.25, 0.3) is 5.22 Å². The van der Waals surface area contributed by atoms with E-state index in [1.165, 1.54) is 16.6 Å². The number of amides is 1. The predicted molar refractivity (Wildman–Crippen MR) is 112 cm³/mol. The number of thioether (sulfide) groups is 1. The lowest BCUT2D eigenvalue weighted by molar-refractivity contribution is -0.113. The van der Waals surface area contributed by atoms with Crippen molar-refractivity contribution >= 4 is 34.0 Å². The number of nitrogens with zero attached hydrogens (tertiary/aromatic N) is 3. The van der Waals surface area contributed by atoms with E-state index in [0.717, 1.165) is 37.7 Å². The molecule has 2 heterocycles. The van der Waals surface area contributed by atoms with Gasteiger partial charge in [0.2, 0.25) is 11.8 Å². The second kappa shape index (κ2) is 8.66. The Bertz CT molecular complexity index is 889. The minimum atomic E-state index is -0.164. The van der Waals surface area contributed by atoms with E-state index in [4.69, 9.17) is 4.42 Å². The Morgan fingerprint density at radius 2 is 2.21 bits per heavy atom. The van der Waals surface area contributed by atoms with Gasteiger partial charge < -0.3 is 9.73 Å². The number of anilines is 1. The number of aryl methyl sites for hydroxylation is 1. The molecule has 0 radical (unpaired) electrons. The van der Waals surface area contributed by atoms with Crippen LogP contribution in [0.2, 0.25) is 0 Å². The van der Waals surface area contributed by atoms with Crippen molar-refractivity contribution in [2.24, 2.45) is 11.3 Å². The molecule has 0 saturated heterocycles. The number of carbonyl (C=O) groups is 1. The molecule has 0 fully saturated rings. The summed E-state index contributed by atoms with van der Waals surface area (Å²) in [5, 5.41) is 21.5. The average molecular weight is 419 g/mol. The molecule has 0 bridgehead atoms. The van der Waals surface area contributed by atoms with Crippen LogP contribution in [-0.2, 0) is 24.1 Å². The van der Waals surface area contributed by atoms with Crippen molar-refractivity contribution in [3.63, 3.8) is 0 Å². The Morgan fingerprint density at radius 1 is 1.43 bits per heavy atom. The molecular formula is C20H26N4O2S2. The van der Waals surface area contributed by atoms with E-state index in [-0.39, 0.29) is 17.1 Å². The maximum Gasteiger partial charge on any atom is 0.277 e. The Hall–Kier alpha value is -1.85. The highest BCUT2D eigenvalue weighted by Crippen LogP contribution is 2.44. The number of rotatable bonds is 6. The first kappa shape index (κ1) is 20.9. The van der Waals surface area contributed by atoms with Gasteiger partial charge in [-0.25, -0.2) is 0 Å². The first-order valence-corrected chi connectivity index (χ1v) is 11.4. The summed E-state index contributed by atoms with van der Waals surface area (Å²) in [6.45, 7) is 8.85. The minimum Gasteiger partial charge on any atom is -0.416 e. The number of fused-ring (bicyclic) bond motifs is 1. The van der Waals surface area contributed by atoms with E-state index < -0.39 is 0 Å². The molecule has 0 aliphatic heterocycles. The van der Waals surface area contributed by atoms with Gasteiger partial charge in [0.15, 0.2) is 0 Å². The van der Waals surface area contributed by atoms with Gasteiger partial charge in [-0.05, 0) is 42.6 Å². The largest absolute Gasteiger partial charge is 0.416 e. The van der Waals surface area contributed by atoms with Gasteiger partial charge in [-0.1, -0.05) is 39.5 Å². The Labute approximate surface area is 174 Å². The zero-order valence-electron chi connectivity index (χ0n) is 16.8. The summed E-state index contributed by atoms with van der Waals surface area (Å²) in [6, 6.07) is 2.30. The van der Waals surface area contributed by atoms with Gasteiger partial charge in [0, 0.05) is 11.3 Å². The average Bonchev–Trinajstić information content (AvgIpc) is 3.22. The molecule has 3 rings (SSSR count). The molecular weight excluding hydrogens is 392 g/mol. The molecule has 1 N–H and O–H groups in total. The van der Waals surface area contributed by atoms with E-state index >= 15 is 0 Å². The fourth-order valence-corrected chi connectivity index (χ4v) is 5.31. The molecule has 1 amide bonds. The third-order valence-corrected chi connectivity index (χ3v) is 7.08. The maximum atomic E-state index is 12.4. The second-order valence-electron chi connectivity index (χ2n) is 8.17. The smallest absolute Gasteiger partial charge is 0.277 e. The minimum absolute atomic E-state index is 0.164. The van der Waals surface area contributed by atoms with E-state index in [9.17, 15) is 10.1 Å². The molecule has 0 saturated carbocycles. The van der Waals surface area contributed by atoms with Crippen molar-refractivity contribution in [3.8, 4) is 6.07 Å². The van der Waals surface area contributed by atoms with E-state index in [0.29, 0.717) is 27.6 Å². The summed E-state index contributed by atoms with van der Waals surface area (Å²) in [7, 11) is 0. The van der Waals surface area contributed by atoms with Crippen molar-refractivity contribution < 1.29 is 9.21 Å². The van der Waals surface area contributed by atoms with Gasteiger partial charge in [-0.2, -0.15) is 5.26 Å². The molecule has 150 valence electrons. The molecule has 28 heavy (non-hydrogen) atoms. The van der Waals surface area contributed by atoms with Crippen LogP contribution in [0.25, 0.3) is 0 Å². The maximum absolute atomic E-state index is 12.4. The standard InChI is InChI=1S/C20H26N4O2S2/c1-5-6-17-23-24-19(26-17)27-11-16(25)22-18-14(10-21)13-8-7-12(20(2,3)4)9-15(13)28-18/h12H,5-9,11H2,1-4H3,(H,22,25)/t12-/m0/s1. The van der Waals surface area contributed by atoms with Crippen molar-refractivity contribution in [2.45, 2.75) is 65.0 Å². The molecule has 2 aromatic heterocycles. The van der Waals surface area contributed by atoms with Crippen molar-refractivity contribution in [2.75, 3.05) is 11.1 Å². The van der Waals surface area contributed by atoms with E-state index in [1.807, 2.05) is 6.92 Å². The molecule has 8 heteroatoms. The molecule has 0 unspecified atom stereocenters. The summed E-state index contributed by atoms with van der Waals surface area (Å²) in [5.74, 6) is 1.20. The molecule has 0 spiro atoms. The highest BCUT2D eigenvalue weighted by atomic mass is 32.2. The summed E-state index contributed by atoms with van der Waals surface area (Å²) in [6.07, 6.45) is 4.64. The Balaban J connectivity index is 1.64. The van der Waals surface area contributed by atoms with Crippen LogP contribution in [0.15, 0.2) is 9.64 Å². The molecule has 1 aliphatic carbocycles. The SMILES string of the molecule is CCCc1nnc(SCC(=O)Nc2sc3c(c2C#N)CC[C@H](C(C)(C)C)C3)o1. The third-order valence-electron chi connectivity index (χ3n) is 5.09. The lowest BCUT2D eigenvalue weighted by atomic mass is 9.72. The van der Waals surface area contributed by atoms with Crippen LogP contribution in [-0.4, -0.2) is 21.9 Å². The first-order chi connectivity index (χ1) is 13.3. The number of hydrogen-bond donors (Lipinski definition) is 1. The number of nitrogens with one attached hydrogen (secondary N) is 1. The van der Waals surface area contributed by atoms with E-state index in [1.54, 1.807) is 11.3 Å². The van der Waals surface area contributed by atoms with Gasteiger partial charge in [-0.15, -0.1) is 21.5 Å².